The van der Waals surface area contributed by atoms with Crippen LogP contribution in [0.15, 0.2) is 16.7 Å². The predicted molar refractivity (Wildman–Crippen MR) is 99.3 cm³/mol. The fraction of sp³-hybridized carbons (Fsp3) is 0.579. The molecule has 0 spiro atoms. The number of hydrogen-bond acceptors (Lipinski definition) is 5. The van der Waals surface area contributed by atoms with E-state index in [4.69, 9.17) is 0 Å². The van der Waals surface area contributed by atoms with Gasteiger partial charge in [0.25, 0.3) is 5.91 Å². The maximum atomic E-state index is 13.0. The third-order valence-corrected chi connectivity index (χ3v) is 6.62. The first-order valence-corrected chi connectivity index (χ1v) is 10.3. The fourth-order valence-corrected chi connectivity index (χ4v) is 5.11. The van der Waals surface area contributed by atoms with Crippen LogP contribution >= 0.6 is 11.3 Å². The van der Waals surface area contributed by atoms with Crippen LogP contribution in [-0.4, -0.2) is 53.1 Å². The first-order chi connectivity index (χ1) is 13.3. The molecular weight excluding hydrogens is 391 g/mol. The Kier molecular flexibility index (Phi) is 5.22. The van der Waals surface area contributed by atoms with Gasteiger partial charge in [-0.15, -0.1) is 11.3 Å². The van der Waals surface area contributed by atoms with Crippen LogP contribution in [0, 0.1) is 6.92 Å². The molecule has 1 amide bonds. The van der Waals surface area contributed by atoms with Crippen molar-refractivity contribution in [3.63, 3.8) is 0 Å². The average molecular weight is 413 g/mol. The normalized spacial score (nSPS) is 21.0. The Bertz CT molecular complexity index is 855. The van der Waals surface area contributed by atoms with E-state index in [0.29, 0.717) is 9.75 Å². The SMILES string of the molecule is Cc1c(-c2ccc(C(=O)N3CCCC3CN3CCCC3)s2)noc1C(F)(F)F. The lowest BCUT2D eigenvalue weighted by Gasteiger charge is -2.28. The highest BCUT2D eigenvalue weighted by Gasteiger charge is 2.39. The van der Waals surface area contributed by atoms with Crippen LogP contribution < -0.4 is 0 Å². The molecule has 0 N–H and O–H groups in total. The molecule has 4 rings (SSSR count). The van der Waals surface area contributed by atoms with Crippen molar-refractivity contribution in [2.24, 2.45) is 0 Å². The van der Waals surface area contributed by atoms with E-state index < -0.39 is 11.9 Å². The van der Waals surface area contributed by atoms with Crippen molar-refractivity contribution in [1.29, 1.82) is 0 Å². The third kappa shape index (κ3) is 3.69. The van der Waals surface area contributed by atoms with E-state index in [0.717, 1.165) is 39.0 Å². The molecule has 4 heterocycles. The van der Waals surface area contributed by atoms with Crippen molar-refractivity contribution in [3.05, 3.63) is 28.3 Å². The van der Waals surface area contributed by atoms with Gasteiger partial charge in [-0.1, -0.05) is 5.16 Å². The summed E-state index contributed by atoms with van der Waals surface area (Å²) in [5, 5.41) is 3.59. The van der Waals surface area contributed by atoms with Crippen LogP contribution in [0.5, 0.6) is 0 Å². The van der Waals surface area contributed by atoms with E-state index in [1.807, 2.05) is 4.90 Å². The Morgan fingerprint density at radius 2 is 2.00 bits per heavy atom. The van der Waals surface area contributed by atoms with Gasteiger partial charge in [-0.3, -0.25) is 4.79 Å². The number of carbonyl (C=O) groups is 1. The van der Waals surface area contributed by atoms with E-state index in [1.165, 1.54) is 31.1 Å². The smallest absolute Gasteiger partial charge is 0.351 e. The lowest BCUT2D eigenvalue weighted by atomic mass is 10.2. The summed E-state index contributed by atoms with van der Waals surface area (Å²) in [6, 6.07) is 3.53. The zero-order valence-corrected chi connectivity index (χ0v) is 16.4. The Balaban J connectivity index is 1.51. The summed E-state index contributed by atoms with van der Waals surface area (Å²) in [6.07, 6.45) is -0.168. The number of hydrogen-bond donors (Lipinski definition) is 0. The van der Waals surface area contributed by atoms with Gasteiger partial charge in [0.1, 0.15) is 5.69 Å². The topological polar surface area (TPSA) is 49.6 Å². The van der Waals surface area contributed by atoms with Gasteiger partial charge < -0.3 is 14.3 Å². The maximum absolute atomic E-state index is 13.0. The Labute approximate surface area is 165 Å². The van der Waals surface area contributed by atoms with Gasteiger partial charge >= 0.3 is 6.18 Å². The summed E-state index contributed by atoms with van der Waals surface area (Å²) >= 11 is 1.17. The summed E-state index contributed by atoms with van der Waals surface area (Å²) in [5.41, 5.74) is 0.0906. The van der Waals surface area contributed by atoms with Crippen LogP contribution in [0.25, 0.3) is 10.6 Å². The van der Waals surface area contributed by atoms with Crippen LogP contribution in [0.3, 0.4) is 0 Å². The number of halogens is 3. The molecule has 28 heavy (non-hydrogen) atoms. The second-order valence-corrected chi connectivity index (χ2v) is 8.53. The van der Waals surface area contributed by atoms with Crippen LogP contribution in [-0.2, 0) is 6.18 Å². The highest BCUT2D eigenvalue weighted by molar-refractivity contribution is 7.17. The van der Waals surface area contributed by atoms with E-state index in [2.05, 4.69) is 14.6 Å². The first kappa shape index (κ1) is 19.4. The Hall–Kier alpha value is -1.87. The monoisotopic (exact) mass is 413 g/mol. The van der Waals surface area contributed by atoms with Crippen molar-refractivity contribution >= 4 is 17.2 Å². The van der Waals surface area contributed by atoms with E-state index >= 15 is 0 Å². The van der Waals surface area contributed by atoms with Gasteiger partial charge in [0.2, 0.25) is 5.76 Å². The van der Waals surface area contributed by atoms with Crippen molar-refractivity contribution in [1.82, 2.24) is 15.0 Å². The average Bonchev–Trinajstić information content (AvgIpc) is 3.41. The number of aromatic nitrogens is 1. The molecule has 1 atom stereocenters. The lowest BCUT2D eigenvalue weighted by Crippen LogP contribution is -2.42. The Morgan fingerprint density at radius 3 is 2.68 bits per heavy atom. The van der Waals surface area contributed by atoms with Gasteiger partial charge in [-0.2, -0.15) is 13.2 Å². The molecule has 0 aromatic carbocycles. The molecule has 1 unspecified atom stereocenters. The molecule has 0 bridgehead atoms. The van der Waals surface area contributed by atoms with Gasteiger partial charge in [-0.25, -0.2) is 0 Å². The number of rotatable bonds is 4. The minimum atomic E-state index is -4.58. The number of likely N-dealkylation sites (tertiary alicyclic amines) is 2. The molecule has 2 aromatic heterocycles. The predicted octanol–water partition coefficient (Wildman–Crippen LogP) is 4.43. The maximum Gasteiger partial charge on any atom is 0.452 e. The third-order valence-electron chi connectivity index (χ3n) is 5.54. The molecule has 2 aromatic rings. The molecule has 2 saturated heterocycles. The van der Waals surface area contributed by atoms with Gasteiger partial charge in [-0.05, 0) is 57.8 Å². The second-order valence-electron chi connectivity index (χ2n) is 7.45. The molecule has 2 fully saturated rings. The number of amides is 1. The zero-order valence-electron chi connectivity index (χ0n) is 15.6. The van der Waals surface area contributed by atoms with E-state index in [9.17, 15) is 18.0 Å². The van der Waals surface area contributed by atoms with Crippen molar-refractivity contribution in [2.75, 3.05) is 26.2 Å². The summed E-state index contributed by atoms with van der Waals surface area (Å²) in [6.45, 7) is 5.15. The standard InChI is InChI=1S/C19H22F3N3O2S/c1-12-16(23-27-17(12)19(20,21)22)14-6-7-15(28-14)18(26)25-10-4-5-13(25)11-24-8-2-3-9-24/h6-7,13H,2-5,8-11H2,1H3. The summed E-state index contributed by atoms with van der Waals surface area (Å²) in [7, 11) is 0. The summed E-state index contributed by atoms with van der Waals surface area (Å²) < 4.78 is 43.3. The van der Waals surface area contributed by atoms with Crippen molar-refractivity contribution in [3.8, 4) is 10.6 Å². The molecule has 0 aliphatic carbocycles. The Morgan fingerprint density at radius 1 is 1.25 bits per heavy atom. The fourth-order valence-electron chi connectivity index (χ4n) is 4.11. The largest absolute Gasteiger partial charge is 0.452 e. The number of carbonyl (C=O) groups excluding carboxylic acids is 1. The van der Waals surface area contributed by atoms with Crippen LogP contribution in [0.1, 0.15) is 46.7 Å². The van der Waals surface area contributed by atoms with Crippen LogP contribution in [0.4, 0.5) is 13.2 Å². The highest BCUT2D eigenvalue weighted by atomic mass is 32.1. The molecule has 9 heteroatoms. The molecule has 5 nitrogen and oxygen atoms in total. The minimum absolute atomic E-state index is 0.0462. The number of thiophene rings is 1. The minimum Gasteiger partial charge on any atom is -0.351 e. The molecule has 152 valence electrons. The molecule has 2 aliphatic heterocycles. The van der Waals surface area contributed by atoms with Gasteiger partial charge in [0, 0.05) is 24.7 Å². The summed E-state index contributed by atoms with van der Waals surface area (Å²) in [4.78, 5) is 18.4. The van der Waals surface area contributed by atoms with E-state index in [-0.39, 0.29) is 23.2 Å². The quantitative estimate of drug-likeness (QED) is 0.744. The van der Waals surface area contributed by atoms with E-state index in [1.54, 1.807) is 12.1 Å². The van der Waals surface area contributed by atoms with Crippen molar-refractivity contribution in [2.45, 2.75) is 44.8 Å². The van der Waals surface area contributed by atoms with Crippen LogP contribution in [0.2, 0.25) is 0 Å². The van der Waals surface area contributed by atoms with Crippen molar-refractivity contribution < 1.29 is 22.5 Å². The molecule has 0 radical (unpaired) electrons. The second kappa shape index (κ2) is 7.51. The molecule has 0 saturated carbocycles. The van der Waals surface area contributed by atoms with Gasteiger partial charge in [0.05, 0.1) is 9.75 Å². The zero-order chi connectivity index (χ0) is 19.9. The molecular formula is C19H22F3N3O2S. The summed E-state index contributed by atoms with van der Waals surface area (Å²) in [5.74, 6) is -1.14. The first-order valence-electron chi connectivity index (χ1n) is 9.51. The number of alkyl halides is 3. The highest BCUT2D eigenvalue weighted by Crippen LogP contribution is 2.38. The lowest BCUT2D eigenvalue weighted by molar-refractivity contribution is -0.156. The molecule has 2 aliphatic rings. The number of nitrogens with zero attached hydrogens (tertiary/aromatic N) is 3. The van der Waals surface area contributed by atoms with Gasteiger partial charge in [0.15, 0.2) is 0 Å².